The summed E-state index contributed by atoms with van der Waals surface area (Å²) in [6.07, 6.45) is 0. The summed E-state index contributed by atoms with van der Waals surface area (Å²) >= 11 is 0. The first-order chi connectivity index (χ1) is 6.57. The summed E-state index contributed by atoms with van der Waals surface area (Å²) in [7, 11) is 4.93. The predicted octanol–water partition coefficient (Wildman–Crippen LogP) is -1.41. The Morgan fingerprint density at radius 1 is 1.21 bits per heavy atom. The van der Waals surface area contributed by atoms with Gasteiger partial charge < -0.3 is 20.9 Å². The van der Waals surface area contributed by atoms with Crippen molar-refractivity contribution in [3.63, 3.8) is 0 Å². The molecule has 3 amide bonds. The van der Waals surface area contributed by atoms with E-state index in [9.17, 15) is 9.59 Å². The zero-order valence-electron chi connectivity index (χ0n) is 8.89. The molecule has 0 aliphatic heterocycles. The fourth-order valence-corrected chi connectivity index (χ4v) is 0.706. The normalized spacial score (nSPS) is 9.36. The second-order valence-corrected chi connectivity index (χ2v) is 2.98. The number of likely N-dealkylation sites (N-methyl/N-ethyl adjacent to an activating group) is 1. The van der Waals surface area contributed by atoms with E-state index in [1.807, 2.05) is 0 Å². The van der Waals surface area contributed by atoms with Crippen molar-refractivity contribution in [2.75, 3.05) is 40.8 Å². The van der Waals surface area contributed by atoms with Crippen LogP contribution in [0.3, 0.4) is 0 Å². The van der Waals surface area contributed by atoms with Crippen LogP contribution in [0.4, 0.5) is 4.79 Å². The molecule has 14 heavy (non-hydrogen) atoms. The van der Waals surface area contributed by atoms with Crippen molar-refractivity contribution in [3.8, 4) is 0 Å². The van der Waals surface area contributed by atoms with Crippen molar-refractivity contribution in [2.45, 2.75) is 0 Å². The topological polar surface area (TPSA) is 73.5 Å². The molecule has 6 heteroatoms. The molecule has 0 aliphatic rings. The highest BCUT2D eigenvalue weighted by molar-refractivity contribution is 5.77. The van der Waals surface area contributed by atoms with Gasteiger partial charge in [0, 0.05) is 34.2 Å². The van der Waals surface area contributed by atoms with Crippen LogP contribution in [0.25, 0.3) is 0 Å². The molecular formula is C8H18N4O2. The van der Waals surface area contributed by atoms with Crippen LogP contribution in [0, 0.1) is 0 Å². The highest BCUT2D eigenvalue weighted by Gasteiger charge is 2.00. The van der Waals surface area contributed by atoms with Gasteiger partial charge in [0.15, 0.2) is 0 Å². The molecule has 0 heterocycles. The average Bonchev–Trinajstić information content (AvgIpc) is 2.16. The minimum absolute atomic E-state index is 0.0658. The third kappa shape index (κ3) is 6.24. The van der Waals surface area contributed by atoms with Crippen LogP contribution < -0.4 is 16.0 Å². The van der Waals surface area contributed by atoms with Gasteiger partial charge in [0.1, 0.15) is 0 Å². The van der Waals surface area contributed by atoms with Crippen LogP contribution in [-0.2, 0) is 4.79 Å². The lowest BCUT2D eigenvalue weighted by molar-refractivity contribution is -0.119. The summed E-state index contributed by atoms with van der Waals surface area (Å²) in [6, 6.07) is -0.133. The number of rotatable bonds is 5. The zero-order chi connectivity index (χ0) is 11.0. The smallest absolute Gasteiger partial charge is 0.316 e. The van der Waals surface area contributed by atoms with E-state index in [4.69, 9.17) is 0 Å². The molecule has 82 valence electrons. The molecule has 0 aliphatic carbocycles. The van der Waals surface area contributed by atoms with Crippen LogP contribution in [-0.4, -0.2) is 57.6 Å². The Kier molecular flexibility index (Phi) is 6.47. The van der Waals surface area contributed by atoms with E-state index in [-0.39, 0.29) is 18.5 Å². The number of urea groups is 1. The number of nitrogens with zero attached hydrogens (tertiary/aromatic N) is 1. The maximum atomic E-state index is 11.0. The number of carbonyl (C=O) groups is 2. The Morgan fingerprint density at radius 2 is 1.86 bits per heavy atom. The van der Waals surface area contributed by atoms with Gasteiger partial charge in [0.05, 0.1) is 6.54 Å². The summed E-state index contributed by atoms with van der Waals surface area (Å²) in [4.78, 5) is 23.2. The summed E-state index contributed by atoms with van der Waals surface area (Å²) in [5.74, 6) is -0.0658. The lowest BCUT2D eigenvalue weighted by Gasteiger charge is -2.11. The average molecular weight is 202 g/mol. The molecule has 0 aromatic carbocycles. The van der Waals surface area contributed by atoms with Crippen LogP contribution in [0.5, 0.6) is 0 Å². The predicted molar refractivity (Wildman–Crippen MR) is 54.0 cm³/mol. The fraction of sp³-hybridized carbons (Fsp3) is 0.750. The molecule has 0 atom stereocenters. The fourth-order valence-electron chi connectivity index (χ4n) is 0.706. The maximum Gasteiger partial charge on any atom is 0.316 e. The Labute approximate surface area is 84.0 Å². The molecule has 6 nitrogen and oxygen atoms in total. The van der Waals surface area contributed by atoms with Gasteiger partial charge in [-0.15, -0.1) is 0 Å². The third-order valence-electron chi connectivity index (χ3n) is 1.55. The van der Waals surface area contributed by atoms with Gasteiger partial charge in [-0.3, -0.25) is 4.79 Å². The molecule has 0 bridgehead atoms. The van der Waals surface area contributed by atoms with Gasteiger partial charge in [-0.05, 0) is 0 Å². The minimum Gasteiger partial charge on any atom is -0.358 e. The molecule has 0 saturated heterocycles. The van der Waals surface area contributed by atoms with E-state index in [1.165, 1.54) is 4.90 Å². The largest absolute Gasteiger partial charge is 0.358 e. The van der Waals surface area contributed by atoms with E-state index in [0.717, 1.165) is 0 Å². The molecule has 3 N–H and O–H groups in total. The summed E-state index contributed by atoms with van der Waals surface area (Å²) in [5.41, 5.74) is 0. The van der Waals surface area contributed by atoms with Gasteiger partial charge in [0.2, 0.25) is 5.91 Å². The molecule has 0 aromatic heterocycles. The van der Waals surface area contributed by atoms with E-state index in [1.54, 1.807) is 21.1 Å². The van der Waals surface area contributed by atoms with Crippen molar-refractivity contribution >= 4 is 11.9 Å². The van der Waals surface area contributed by atoms with Crippen LogP contribution in [0.2, 0.25) is 0 Å². The highest BCUT2D eigenvalue weighted by atomic mass is 16.2. The second kappa shape index (κ2) is 7.14. The minimum atomic E-state index is -0.133. The first-order valence-corrected chi connectivity index (χ1v) is 4.44. The first kappa shape index (κ1) is 12.7. The van der Waals surface area contributed by atoms with Crippen LogP contribution >= 0.6 is 0 Å². The Morgan fingerprint density at radius 3 is 2.36 bits per heavy atom. The van der Waals surface area contributed by atoms with Gasteiger partial charge in [-0.1, -0.05) is 0 Å². The number of hydrogen-bond acceptors (Lipinski definition) is 3. The number of nitrogens with one attached hydrogen (secondary N) is 3. The van der Waals surface area contributed by atoms with E-state index in [0.29, 0.717) is 13.1 Å². The highest BCUT2D eigenvalue weighted by Crippen LogP contribution is 1.74. The van der Waals surface area contributed by atoms with Gasteiger partial charge in [-0.25, -0.2) is 4.79 Å². The lowest BCUT2D eigenvalue weighted by Crippen LogP contribution is -2.40. The molecule has 0 saturated carbocycles. The zero-order valence-corrected chi connectivity index (χ0v) is 8.89. The summed E-state index contributed by atoms with van der Waals surface area (Å²) in [5, 5.41) is 8.04. The van der Waals surface area contributed by atoms with Crippen molar-refractivity contribution in [3.05, 3.63) is 0 Å². The summed E-state index contributed by atoms with van der Waals surface area (Å²) in [6.45, 7) is 1.36. The molecule has 0 radical (unpaired) electrons. The van der Waals surface area contributed by atoms with Gasteiger partial charge in [-0.2, -0.15) is 0 Å². The third-order valence-corrected chi connectivity index (χ3v) is 1.55. The maximum absolute atomic E-state index is 11.0. The number of carbonyl (C=O) groups excluding carboxylic acids is 2. The second-order valence-electron chi connectivity index (χ2n) is 2.98. The van der Waals surface area contributed by atoms with Crippen molar-refractivity contribution in [2.24, 2.45) is 0 Å². The molecule has 0 aromatic rings. The van der Waals surface area contributed by atoms with E-state index >= 15 is 0 Å². The quantitative estimate of drug-likeness (QED) is 0.480. The first-order valence-electron chi connectivity index (χ1n) is 4.44. The number of amides is 3. The van der Waals surface area contributed by atoms with Crippen LogP contribution in [0.15, 0.2) is 0 Å². The van der Waals surface area contributed by atoms with Gasteiger partial charge in [0.25, 0.3) is 0 Å². The van der Waals surface area contributed by atoms with E-state index in [2.05, 4.69) is 16.0 Å². The standard InChI is InChI=1S/C8H18N4O2/c1-9-7(13)6-10-4-5-11-8(14)12(2)3/h10H,4-6H2,1-3H3,(H,9,13)(H,11,14). The molecule has 0 spiro atoms. The Bertz CT molecular complexity index is 194. The van der Waals surface area contributed by atoms with E-state index < -0.39 is 0 Å². The van der Waals surface area contributed by atoms with Crippen molar-refractivity contribution in [1.29, 1.82) is 0 Å². The Hall–Kier alpha value is -1.30. The van der Waals surface area contributed by atoms with Crippen molar-refractivity contribution in [1.82, 2.24) is 20.9 Å². The van der Waals surface area contributed by atoms with Crippen LogP contribution in [0.1, 0.15) is 0 Å². The SMILES string of the molecule is CNC(=O)CNCCNC(=O)N(C)C. The summed E-state index contributed by atoms with van der Waals surface area (Å²) < 4.78 is 0. The molecular weight excluding hydrogens is 184 g/mol. The lowest BCUT2D eigenvalue weighted by atomic mass is 10.5. The molecule has 0 unspecified atom stereocenters. The monoisotopic (exact) mass is 202 g/mol. The molecule has 0 rings (SSSR count). The van der Waals surface area contributed by atoms with Gasteiger partial charge >= 0.3 is 6.03 Å². The Balaban J connectivity index is 3.30. The molecule has 0 fully saturated rings. The number of hydrogen-bond donors (Lipinski definition) is 3. The van der Waals surface area contributed by atoms with Crippen molar-refractivity contribution < 1.29 is 9.59 Å².